The fraction of sp³-hybridized carbons (Fsp3) is 0.529. The van der Waals surface area contributed by atoms with Crippen molar-refractivity contribution in [3.63, 3.8) is 0 Å². The van der Waals surface area contributed by atoms with Gasteiger partial charge in [-0.25, -0.2) is 4.99 Å². The molecule has 1 atom stereocenters. The number of rotatable bonds is 3. The highest BCUT2D eigenvalue weighted by atomic mass is 16.2. The Morgan fingerprint density at radius 3 is 2.81 bits per heavy atom. The normalized spacial score (nSPS) is 19.1. The second kappa shape index (κ2) is 7.19. The predicted molar refractivity (Wildman–Crippen MR) is 96.1 cm³/mol. The minimum atomic E-state index is -0.805. The number of fused-ring (bicyclic) bond motifs is 1. The van der Waals surface area contributed by atoms with E-state index in [4.69, 9.17) is 0 Å². The van der Waals surface area contributed by atoms with Gasteiger partial charge in [0, 0.05) is 18.3 Å². The summed E-state index contributed by atoms with van der Waals surface area (Å²) in [7, 11) is 0. The number of nitrogens with one attached hydrogen (secondary N) is 2. The number of hydrogen-bond donors (Lipinski definition) is 2. The summed E-state index contributed by atoms with van der Waals surface area (Å²) < 4.78 is 1.29. The average Bonchev–Trinajstić information content (AvgIpc) is 3.19. The number of carbonyl (C=O) groups is 3. The SMILES string of the molecule is Cc1cc(NC(=O)C(=O)NCC(C)C)n(C2=NC(=O)C3CCCC3=N2)n1. The third kappa shape index (κ3) is 3.71. The summed E-state index contributed by atoms with van der Waals surface area (Å²) in [6.07, 6.45) is 2.44. The number of nitrogens with zero attached hydrogens (tertiary/aromatic N) is 4. The monoisotopic (exact) mass is 358 g/mol. The second-order valence-electron chi connectivity index (χ2n) is 6.94. The van der Waals surface area contributed by atoms with Crippen molar-refractivity contribution in [2.24, 2.45) is 21.8 Å². The molecule has 138 valence electrons. The minimum absolute atomic E-state index is 0.120. The van der Waals surface area contributed by atoms with Crippen LogP contribution in [0.4, 0.5) is 5.82 Å². The molecule has 2 N–H and O–H groups in total. The highest BCUT2D eigenvalue weighted by Gasteiger charge is 2.33. The maximum absolute atomic E-state index is 12.2. The van der Waals surface area contributed by atoms with E-state index in [1.807, 2.05) is 13.8 Å². The molecule has 2 aliphatic rings. The number of aryl methyl sites for hydroxylation is 1. The zero-order valence-electron chi connectivity index (χ0n) is 15.1. The lowest BCUT2D eigenvalue weighted by atomic mass is 10.1. The Morgan fingerprint density at radius 1 is 1.31 bits per heavy atom. The predicted octanol–water partition coefficient (Wildman–Crippen LogP) is 0.888. The highest BCUT2D eigenvalue weighted by Crippen LogP contribution is 2.27. The van der Waals surface area contributed by atoms with E-state index in [0.29, 0.717) is 12.2 Å². The number of aliphatic imine (C=N–C) groups is 2. The molecular formula is C17H22N6O3. The first kappa shape index (κ1) is 18.0. The topological polar surface area (TPSA) is 118 Å². The van der Waals surface area contributed by atoms with Crippen molar-refractivity contribution in [2.45, 2.75) is 40.0 Å². The molecule has 0 radical (unpaired) electrons. The molecule has 1 unspecified atom stereocenters. The van der Waals surface area contributed by atoms with Crippen LogP contribution in [0.5, 0.6) is 0 Å². The van der Waals surface area contributed by atoms with Crippen molar-refractivity contribution in [1.29, 1.82) is 0 Å². The Labute approximate surface area is 151 Å². The van der Waals surface area contributed by atoms with Crippen LogP contribution in [0, 0.1) is 18.8 Å². The Bertz CT molecular complexity index is 820. The van der Waals surface area contributed by atoms with Gasteiger partial charge in [-0.1, -0.05) is 13.8 Å². The summed E-state index contributed by atoms with van der Waals surface area (Å²) in [4.78, 5) is 44.7. The van der Waals surface area contributed by atoms with Crippen LogP contribution in [-0.4, -0.2) is 45.7 Å². The standard InChI is InChI=1S/C17H22N6O3/c1-9(2)8-18-15(25)16(26)20-13-7-10(3)22-23(13)17-19-12-6-4-5-11(12)14(24)21-17/h7,9,11H,4-6,8H2,1-3H3,(H,18,25)(H,20,26). The molecule has 1 aromatic heterocycles. The van der Waals surface area contributed by atoms with Crippen LogP contribution < -0.4 is 10.6 Å². The van der Waals surface area contributed by atoms with Crippen LogP contribution >= 0.6 is 0 Å². The van der Waals surface area contributed by atoms with Gasteiger partial charge in [0.1, 0.15) is 5.82 Å². The van der Waals surface area contributed by atoms with Gasteiger partial charge in [0.15, 0.2) is 0 Å². The molecule has 3 amide bonds. The van der Waals surface area contributed by atoms with Gasteiger partial charge < -0.3 is 10.6 Å². The quantitative estimate of drug-likeness (QED) is 0.780. The number of hydrogen-bond acceptors (Lipinski definition) is 5. The van der Waals surface area contributed by atoms with E-state index < -0.39 is 11.8 Å². The molecule has 26 heavy (non-hydrogen) atoms. The van der Waals surface area contributed by atoms with E-state index in [2.05, 4.69) is 25.7 Å². The lowest BCUT2D eigenvalue weighted by molar-refractivity contribution is -0.136. The molecule has 0 aromatic carbocycles. The summed E-state index contributed by atoms with van der Waals surface area (Å²) in [5.74, 6) is -1.39. The van der Waals surface area contributed by atoms with E-state index in [1.165, 1.54) is 4.68 Å². The summed E-state index contributed by atoms with van der Waals surface area (Å²) in [6, 6.07) is 1.60. The van der Waals surface area contributed by atoms with Gasteiger partial charge in [-0.15, -0.1) is 0 Å². The third-order valence-corrected chi connectivity index (χ3v) is 4.22. The lowest BCUT2D eigenvalue weighted by Gasteiger charge is -2.15. The fourth-order valence-corrected chi connectivity index (χ4v) is 2.94. The van der Waals surface area contributed by atoms with Gasteiger partial charge in [-0.3, -0.25) is 14.4 Å². The molecule has 0 saturated heterocycles. The van der Waals surface area contributed by atoms with E-state index in [-0.39, 0.29) is 29.5 Å². The first-order valence-corrected chi connectivity index (χ1v) is 8.71. The molecule has 2 heterocycles. The molecule has 1 saturated carbocycles. The van der Waals surface area contributed by atoms with Crippen molar-refractivity contribution in [3.05, 3.63) is 11.8 Å². The molecule has 9 heteroatoms. The average molecular weight is 358 g/mol. The van der Waals surface area contributed by atoms with Gasteiger partial charge in [0.05, 0.1) is 11.6 Å². The minimum Gasteiger partial charge on any atom is -0.348 e. The van der Waals surface area contributed by atoms with Crippen LogP contribution in [0.25, 0.3) is 0 Å². The van der Waals surface area contributed by atoms with E-state index in [0.717, 1.165) is 25.0 Å². The van der Waals surface area contributed by atoms with Crippen LogP contribution in [0.3, 0.4) is 0 Å². The number of amides is 3. The zero-order valence-corrected chi connectivity index (χ0v) is 15.1. The maximum Gasteiger partial charge on any atom is 0.314 e. The van der Waals surface area contributed by atoms with Crippen molar-refractivity contribution in [3.8, 4) is 0 Å². The summed E-state index contributed by atoms with van der Waals surface area (Å²) in [5, 5.41) is 9.32. The van der Waals surface area contributed by atoms with Crippen LogP contribution in [0.15, 0.2) is 16.1 Å². The largest absolute Gasteiger partial charge is 0.348 e. The third-order valence-electron chi connectivity index (χ3n) is 4.22. The number of aromatic nitrogens is 2. The van der Waals surface area contributed by atoms with Crippen molar-refractivity contribution in [2.75, 3.05) is 11.9 Å². The first-order chi connectivity index (χ1) is 12.3. The second-order valence-corrected chi connectivity index (χ2v) is 6.94. The van der Waals surface area contributed by atoms with Gasteiger partial charge in [-0.05, 0) is 32.1 Å². The fourth-order valence-electron chi connectivity index (χ4n) is 2.94. The Balaban J connectivity index is 1.80. The Kier molecular flexibility index (Phi) is 4.97. The smallest absolute Gasteiger partial charge is 0.314 e. The number of carbonyl (C=O) groups excluding carboxylic acids is 3. The lowest BCUT2D eigenvalue weighted by Crippen LogP contribution is -2.38. The molecule has 3 rings (SSSR count). The molecule has 9 nitrogen and oxygen atoms in total. The van der Waals surface area contributed by atoms with Gasteiger partial charge in [0.25, 0.3) is 11.9 Å². The summed E-state index contributed by atoms with van der Waals surface area (Å²) in [6.45, 7) is 6.01. The van der Waals surface area contributed by atoms with Crippen LogP contribution in [0.1, 0.15) is 38.8 Å². The molecule has 1 aliphatic carbocycles. The highest BCUT2D eigenvalue weighted by molar-refractivity contribution is 6.39. The van der Waals surface area contributed by atoms with Crippen molar-refractivity contribution < 1.29 is 14.4 Å². The van der Waals surface area contributed by atoms with Gasteiger partial charge in [-0.2, -0.15) is 14.8 Å². The maximum atomic E-state index is 12.2. The van der Waals surface area contributed by atoms with Gasteiger partial charge in [0.2, 0.25) is 0 Å². The number of anilines is 1. The zero-order chi connectivity index (χ0) is 18.8. The Hall–Kier alpha value is -2.84. The van der Waals surface area contributed by atoms with E-state index in [9.17, 15) is 14.4 Å². The van der Waals surface area contributed by atoms with Crippen molar-refractivity contribution in [1.82, 2.24) is 15.1 Å². The summed E-state index contributed by atoms with van der Waals surface area (Å²) >= 11 is 0. The molecular weight excluding hydrogens is 336 g/mol. The first-order valence-electron chi connectivity index (χ1n) is 8.71. The molecule has 1 aromatic rings. The van der Waals surface area contributed by atoms with E-state index in [1.54, 1.807) is 13.0 Å². The van der Waals surface area contributed by atoms with E-state index >= 15 is 0 Å². The Morgan fingerprint density at radius 2 is 2.08 bits per heavy atom. The van der Waals surface area contributed by atoms with Crippen LogP contribution in [-0.2, 0) is 14.4 Å². The molecule has 1 aliphatic heterocycles. The van der Waals surface area contributed by atoms with Crippen LogP contribution in [0.2, 0.25) is 0 Å². The molecule has 1 fully saturated rings. The van der Waals surface area contributed by atoms with Crippen molar-refractivity contribution >= 4 is 35.2 Å². The molecule has 0 spiro atoms. The molecule has 0 bridgehead atoms. The summed E-state index contributed by atoms with van der Waals surface area (Å²) in [5.41, 5.74) is 1.41. The van der Waals surface area contributed by atoms with Gasteiger partial charge >= 0.3 is 11.8 Å².